The third-order valence-electron chi connectivity index (χ3n) is 11.1. The maximum Gasteiger partial charge on any atom is 0.238 e. The standard InChI is InChI=1S/C40H36N2O5/c1-3-22-9-13-24(14-10-22)41-37(44)30-18-17-29-31(35(30)39(41)46)21-32-36(34(29)28-19-20-33(43)27-8-6-5-7-26(27)28)40(47)42(38(32)45)25-15-11-23(4-2)12-16-25/h5-17,19-20,30-32,34-36,43H,3-4,18,21H2,1-2H3. The van der Waals surface area contributed by atoms with E-state index in [1.165, 1.54) is 9.80 Å². The Kier molecular flexibility index (Phi) is 6.90. The van der Waals surface area contributed by atoms with Gasteiger partial charge in [0.2, 0.25) is 23.6 Å². The van der Waals surface area contributed by atoms with Crippen LogP contribution in [0.3, 0.4) is 0 Å². The molecule has 1 saturated carbocycles. The molecule has 4 aromatic carbocycles. The number of rotatable bonds is 5. The van der Waals surface area contributed by atoms with Gasteiger partial charge in [-0.25, -0.2) is 0 Å². The van der Waals surface area contributed by atoms with Gasteiger partial charge in [-0.2, -0.15) is 0 Å². The second-order valence-electron chi connectivity index (χ2n) is 13.3. The van der Waals surface area contributed by atoms with Gasteiger partial charge in [0, 0.05) is 11.3 Å². The number of allylic oxidation sites excluding steroid dienone is 2. The first-order valence-corrected chi connectivity index (χ1v) is 16.7. The van der Waals surface area contributed by atoms with E-state index in [1.54, 1.807) is 6.07 Å². The molecule has 7 heteroatoms. The number of amides is 4. The molecule has 7 nitrogen and oxygen atoms in total. The molecule has 4 amide bonds. The van der Waals surface area contributed by atoms with Gasteiger partial charge in [0.25, 0.3) is 0 Å². The summed E-state index contributed by atoms with van der Waals surface area (Å²) >= 11 is 0. The molecule has 47 heavy (non-hydrogen) atoms. The van der Waals surface area contributed by atoms with Crippen LogP contribution in [0, 0.1) is 29.6 Å². The largest absolute Gasteiger partial charge is 0.507 e. The summed E-state index contributed by atoms with van der Waals surface area (Å²) in [7, 11) is 0. The molecule has 6 unspecified atom stereocenters. The number of phenolic OH excluding ortho intramolecular Hbond substituents is 1. The predicted octanol–water partition coefficient (Wildman–Crippen LogP) is 6.72. The summed E-state index contributed by atoms with van der Waals surface area (Å²) in [5.74, 6) is -4.19. The van der Waals surface area contributed by atoms with Crippen molar-refractivity contribution in [2.75, 3.05) is 9.80 Å². The van der Waals surface area contributed by atoms with Crippen molar-refractivity contribution in [2.45, 2.75) is 45.4 Å². The minimum Gasteiger partial charge on any atom is -0.507 e. The second-order valence-corrected chi connectivity index (χ2v) is 13.3. The fraction of sp³-hybridized carbons (Fsp3) is 0.300. The SMILES string of the molecule is CCc1ccc(N2C(=O)C3CC=C4C(CC5C(=O)N(c6ccc(CC)cc6)C(=O)C5C4c4ccc(O)c5ccccc45)C3C2=O)cc1. The van der Waals surface area contributed by atoms with E-state index in [9.17, 15) is 24.3 Å². The van der Waals surface area contributed by atoms with Gasteiger partial charge in [0.1, 0.15) is 5.75 Å². The van der Waals surface area contributed by atoms with Gasteiger partial charge in [-0.1, -0.05) is 80.1 Å². The van der Waals surface area contributed by atoms with Crippen molar-refractivity contribution in [3.63, 3.8) is 0 Å². The van der Waals surface area contributed by atoms with Crippen molar-refractivity contribution >= 4 is 45.8 Å². The first kappa shape index (κ1) is 29.4. The van der Waals surface area contributed by atoms with E-state index in [2.05, 4.69) is 19.9 Å². The predicted molar refractivity (Wildman–Crippen MR) is 180 cm³/mol. The smallest absolute Gasteiger partial charge is 0.238 e. The van der Waals surface area contributed by atoms with Crippen LogP contribution in [0.25, 0.3) is 10.8 Å². The molecular formula is C40H36N2O5. The molecule has 236 valence electrons. The van der Waals surface area contributed by atoms with Crippen LogP contribution < -0.4 is 9.80 Å². The van der Waals surface area contributed by atoms with Crippen LogP contribution in [0.15, 0.2) is 96.6 Å². The number of carbonyl (C=O) groups is 4. The molecule has 1 N–H and O–H groups in total. The van der Waals surface area contributed by atoms with Crippen LogP contribution in [0.5, 0.6) is 5.75 Å². The van der Waals surface area contributed by atoms with Gasteiger partial charge >= 0.3 is 0 Å². The van der Waals surface area contributed by atoms with Gasteiger partial charge in [-0.15, -0.1) is 0 Å². The summed E-state index contributed by atoms with van der Waals surface area (Å²) in [6.07, 6.45) is 4.47. The number of aromatic hydroxyl groups is 1. The zero-order valence-electron chi connectivity index (χ0n) is 26.4. The fourth-order valence-corrected chi connectivity index (χ4v) is 8.78. The van der Waals surface area contributed by atoms with Crippen LogP contribution in [0.2, 0.25) is 0 Å². The fourth-order valence-electron chi connectivity index (χ4n) is 8.78. The molecule has 3 fully saturated rings. The minimum atomic E-state index is -0.676. The highest BCUT2D eigenvalue weighted by atomic mass is 16.3. The third-order valence-corrected chi connectivity index (χ3v) is 11.1. The molecular weight excluding hydrogens is 588 g/mol. The van der Waals surface area contributed by atoms with E-state index in [4.69, 9.17) is 0 Å². The quantitative estimate of drug-likeness (QED) is 0.197. The number of aryl methyl sites for hydroxylation is 2. The van der Waals surface area contributed by atoms with Crippen LogP contribution in [0.1, 0.15) is 49.3 Å². The Morgan fingerprint density at radius 3 is 1.77 bits per heavy atom. The Morgan fingerprint density at radius 1 is 0.617 bits per heavy atom. The monoisotopic (exact) mass is 624 g/mol. The number of hydrogen-bond donors (Lipinski definition) is 1. The molecule has 4 aliphatic rings. The van der Waals surface area contributed by atoms with E-state index in [1.807, 2.05) is 78.9 Å². The molecule has 2 saturated heterocycles. The van der Waals surface area contributed by atoms with Crippen molar-refractivity contribution in [3.8, 4) is 5.75 Å². The zero-order chi connectivity index (χ0) is 32.6. The normalized spacial score (nSPS) is 26.8. The topological polar surface area (TPSA) is 95.0 Å². The molecule has 8 rings (SSSR count). The highest BCUT2D eigenvalue weighted by Crippen LogP contribution is 2.59. The summed E-state index contributed by atoms with van der Waals surface area (Å²) < 4.78 is 0. The molecule has 0 aromatic heterocycles. The van der Waals surface area contributed by atoms with Crippen LogP contribution in [0.4, 0.5) is 11.4 Å². The molecule has 2 heterocycles. The van der Waals surface area contributed by atoms with Crippen molar-refractivity contribution < 1.29 is 24.3 Å². The van der Waals surface area contributed by atoms with Crippen LogP contribution in [-0.4, -0.2) is 28.7 Å². The first-order valence-electron chi connectivity index (χ1n) is 16.7. The lowest BCUT2D eigenvalue weighted by atomic mass is 9.57. The number of fused-ring (bicyclic) bond motifs is 5. The Morgan fingerprint density at radius 2 is 1.17 bits per heavy atom. The molecule has 0 bridgehead atoms. The molecule has 6 atom stereocenters. The van der Waals surface area contributed by atoms with Gasteiger partial charge in [-0.3, -0.25) is 29.0 Å². The molecule has 4 aromatic rings. The van der Waals surface area contributed by atoms with E-state index >= 15 is 0 Å². The average molecular weight is 625 g/mol. The lowest BCUT2D eigenvalue weighted by Crippen LogP contribution is -2.43. The van der Waals surface area contributed by atoms with E-state index < -0.39 is 29.6 Å². The number of imide groups is 2. The number of anilines is 2. The summed E-state index contributed by atoms with van der Waals surface area (Å²) in [6.45, 7) is 4.12. The van der Waals surface area contributed by atoms with E-state index in [0.29, 0.717) is 29.6 Å². The Labute approximate surface area is 273 Å². The number of phenols is 1. The lowest BCUT2D eigenvalue weighted by molar-refractivity contribution is -0.126. The Balaban J connectivity index is 1.26. The summed E-state index contributed by atoms with van der Waals surface area (Å²) in [6, 6.07) is 26.2. The van der Waals surface area contributed by atoms with Gasteiger partial charge in [0.05, 0.1) is 35.0 Å². The van der Waals surface area contributed by atoms with Crippen molar-refractivity contribution in [2.24, 2.45) is 29.6 Å². The maximum atomic E-state index is 14.5. The van der Waals surface area contributed by atoms with Crippen molar-refractivity contribution in [3.05, 3.63) is 113 Å². The number of nitrogens with zero attached hydrogens (tertiary/aromatic N) is 2. The lowest BCUT2D eigenvalue weighted by Gasteiger charge is -2.44. The third kappa shape index (κ3) is 4.32. The van der Waals surface area contributed by atoms with Gasteiger partial charge in [-0.05, 0) is 84.0 Å². The second kappa shape index (κ2) is 11.0. The summed E-state index contributed by atoms with van der Waals surface area (Å²) in [5, 5.41) is 12.2. The molecule has 0 spiro atoms. The van der Waals surface area contributed by atoms with Crippen LogP contribution in [-0.2, 0) is 32.0 Å². The van der Waals surface area contributed by atoms with Crippen molar-refractivity contribution in [1.29, 1.82) is 0 Å². The molecule has 0 radical (unpaired) electrons. The number of hydrogen-bond acceptors (Lipinski definition) is 5. The minimum absolute atomic E-state index is 0.138. The average Bonchev–Trinajstić information content (AvgIpc) is 3.51. The van der Waals surface area contributed by atoms with E-state index in [-0.39, 0.29) is 35.3 Å². The number of carbonyl (C=O) groups excluding carboxylic acids is 4. The highest BCUT2D eigenvalue weighted by Gasteiger charge is 2.62. The van der Waals surface area contributed by atoms with Gasteiger partial charge in [0.15, 0.2) is 0 Å². The number of benzene rings is 4. The summed E-state index contributed by atoms with van der Waals surface area (Å²) in [5.41, 5.74) is 5.13. The highest BCUT2D eigenvalue weighted by molar-refractivity contribution is 6.24. The Bertz CT molecular complexity index is 2000. The van der Waals surface area contributed by atoms with Gasteiger partial charge < -0.3 is 5.11 Å². The van der Waals surface area contributed by atoms with E-state index in [0.717, 1.165) is 40.5 Å². The molecule has 2 aliphatic carbocycles. The van der Waals surface area contributed by atoms with Crippen LogP contribution >= 0.6 is 0 Å². The van der Waals surface area contributed by atoms with Crippen molar-refractivity contribution in [1.82, 2.24) is 0 Å². The Hall–Kier alpha value is -5.04. The first-order chi connectivity index (χ1) is 22.8. The molecule has 2 aliphatic heterocycles. The zero-order valence-corrected chi connectivity index (χ0v) is 26.4. The summed E-state index contributed by atoms with van der Waals surface area (Å²) in [4.78, 5) is 59.7. The maximum absolute atomic E-state index is 14.5.